The number of halogens is 1. The molecule has 12 heavy (non-hydrogen) atoms. The summed E-state index contributed by atoms with van der Waals surface area (Å²) < 4.78 is 1.37. The van der Waals surface area contributed by atoms with Crippen molar-refractivity contribution in [1.82, 2.24) is 0 Å². The molecule has 0 aliphatic heterocycles. The predicted octanol–water partition coefficient (Wildman–Crippen LogP) is 4.95. The minimum Gasteiger partial charge on any atom is -0.133 e. The molecule has 0 aliphatic rings. The van der Waals surface area contributed by atoms with E-state index in [1.54, 1.807) is 0 Å². The SMILES string of the molecule is CCCCS/C=C(/Br)CCCC. The van der Waals surface area contributed by atoms with E-state index in [1.165, 1.54) is 42.3 Å². The van der Waals surface area contributed by atoms with Gasteiger partial charge < -0.3 is 0 Å². The van der Waals surface area contributed by atoms with Gasteiger partial charge in [0.25, 0.3) is 0 Å². The van der Waals surface area contributed by atoms with E-state index in [0.29, 0.717) is 0 Å². The van der Waals surface area contributed by atoms with Crippen molar-refractivity contribution in [3.8, 4) is 0 Å². The Balaban J connectivity index is 3.28. The molecule has 0 aromatic carbocycles. The molecular weight excluding hydrogens is 232 g/mol. The van der Waals surface area contributed by atoms with Crippen molar-refractivity contribution in [2.45, 2.75) is 46.0 Å². The van der Waals surface area contributed by atoms with Gasteiger partial charge in [0.1, 0.15) is 0 Å². The van der Waals surface area contributed by atoms with Crippen molar-refractivity contribution in [1.29, 1.82) is 0 Å². The van der Waals surface area contributed by atoms with Crippen LogP contribution < -0.4 is 0 Å². The standard InChI is InChI=1S/C10H19BrS/c1-3-5-7-10(11)9-12-8-6-4-2/h9H,3-8H2,1-2H3/b10-9+. The Kier molecular flexibility index (Phi) is 10.1. The van der Waals surface area contributed by atoms with Crippen LogP contribution >= 0.6 is 27.7 Å². The Labute approximate surface area is 89.3 Å². The average molecular weight is 251 g/mol. The van der Waals surface area contributed by atoms with Crippen LogP contribution in [-0.4, -0.2) is 5.75 Å². The molecule has 0 heterocycles. The second-order valence-electron chi connectivity index (χ2n) is 2.89. The third-order valence-electron chi connectivity index (χ3n) is 1.60. The van der Waals surface area contributed by atoms with E-state index in [-0.39, 0.29) is 0 Å². The molecular formula is C10H19BrS. The number of rotatable bonds is 7. The van der Waals surface area contributed by atoms with Gasteiger partial charge in [-0.05, 0) is 30.4 Å². The maximum Gasteiger partial charge on any atom is 0.00135 e. The van der Waals surface area contributed by atoms with E-state index in [9.17, 15) is 0 Å². The molecule has 0 radical (unpaired) electrons. The molecule has 0 unspecified atom stereocenters. The normalized spacial score (nSPS) is 12.1. The van der Waals surface area contributed by atoms with Crippen molar-refractivity contribution in [3.63, 3.8) is 0 Å². The second-order valence-corrected chi connectivity index (χ2v) is 4.89. The van der Waals surface area contributed by atoms with Crippen molar-refractivity contribution in [2.24, 2.45) is 0 Å². The molecule has 0 N–H and O–H groups in total. The summed E-state index contributed by atoms with van der Waals surface area (Å²) >= 11 is 5.50. The van der Waals surface area contributed by atoms with Crippen molar-refractivity contribution in [2.75, 3.05) is 5.75 Å². The molecule has 0 nitrogen and oxygen atoms in total. The molecule has 2 heteroatoms. The van der Waals surface area contributed by atoms with Crippen LogP contribution in [0.25, 0.3) is 0 Å². The maximum absolute atomic E-state index is 3.57. The van der Waals surface area contributed by atoms with Crippen LogP contribution in [0.4, 0.5) is 0 Å². The summed E-state index contributed by atoms with van der Waals surface area (Å²) in [5, 5.41) is 2.26. The van der Waals surface area contributed by atoms with Crippen LogP contribution in [0, 0.1) is 0 Å². The van der Waals surface area contributed by atoms with Crippen molar-refractivity contribution < 1.29 is 0 Å². The quantitative estimate of drug-likeness (QED) is 0.577. The minimum absolute atomic E-state index is 1.20. The van der Waals surface area contributed by atoms with E-state index >= 15 is 0 Å². The smallest absolute Gasteiger partial charge is 0.00135 e. The van der Waals surface area contributed by atoms with Crippen molar-refractivity contribution in [3.05, 3.63) is 9.89 Å². The van der Waals surface area contributed by atoms with E-state index in [0.717, 1.165) is 0 Å². The van der Waals surface area contributed by atoms with Gasteiger partial charge in [-0.3, -0.25) is 0 Å². The fraction of sp³-hybridized carbons (Fsp3) is 0.800. The van der Waals surface area contributed by atoms with E-state index < -0.39 is 0 Å². The summed E-state index contributed by atoms with van der Waals surface area (Å²) in [4.78, 5) is 0. The highest BCUT2D eigenvalue weighted by Crippen LogP contribution is 2.19. The molecule has 0 rings (SSSR count). The zero-order valence-corrected chi connectivity index (χ0v) is 10.5. The number of hydrogen-bond donors (Lipinski definition) is 0. The van der Waals surface area contributed by atoms with Crippen LogP contribution in [0.3, 0.4) is 0 Å². The van der Waals surface area contributed by atoms with Crippen LogP contribution in [0.5, 0.6) is 0 Å². The summed E-state index contributed by atoms with van der Waals surface area (Å²) in [5.74, 6) is 1.26. The molecule has 0 amide bonds. The van der Waals surface area contributed by atoms with Gasteiger partial charge in [0.05, 0.1) is 0 Å². The highest BCUT2D eigenvalue weighted by molar-refractivity contribution is 9.11. The van der Waals surface area contributed by atoms with Gasteiger partial charge in [0, 0.05) is 4.48 Å². The molecule has 72 valence electrons. The van der Waals surface area contributed by atoms with E-state index in [2.05, 4.69) is 35.2 Å². The highest BCUT2D eigenvalue weighted by atomic mass is 79.9. The summed E-state index contributed by atoms with van der Waals surface area (Å²) in [6.45, 7) is 4.46. The number of unbranched alkanes of at least 4 members (excludes halogenated alkanes) is 2. The topological polar surface area (TPSA) is 0 Å². The molecule has 0 aromatic heterocycles. The fourth-order valence-corrected chi connectivity index (χ4v) is 2.33. The van der Waals surface area contributed by atoms with Gasteiger partial charge in [-0.2, -0.15) is 0 Å². The zero-order chi connectivity index (χ0) is 9.23. The first-order valence-corrected chi connectivity index (χ1v) is 6.61. The third kappa shape index (κ3) is 8.66. The van der Waals surface area contributed by atoms with Crippen LogP contribution in [0.15, 0.2) is 9.89 Å². The number of hydrogen-bond acceptors (Lipinski definition) is 1. The van der Waals surface area contributed by atoms with Gasteiger partial charge in [-0.25, -0.2) is 0 Å². The van der Waals surface area contributed by atoms with E-state index in [1.807, 2.05) is 11.8 Å². The van der Waals surface area contributed by atoms with Gasteiger partial charge in [0.2, 0.25) is 0 Å². The highest BCUT2D eigenvalue weighted by Gasteiger charge is 1.90. The van der Waals surface area contributed by atoms with Crippen LogP contribution in [-0.2, 0) is 0 Å². The molecule has 0 fully saturated rings. The first-order chi connectivity index (χ1) is 5.81. The monoisotopic (exact) mass is 250 g/mol. The van der Waals surface area contributed by atoms with Gasteiger partial charge >= 0.3 is 0 Å². The Morgan fingerprint density at radius 3 is 2.50 bits per heavy atom. The maximum atomic E-state index is 3.57. The lowest BCUT2D eigenvalue weighted by Crippen LogP contribution is -1.75. The summed E-state index contributed by atoms with van der Waals surface area (Å²) in [6.07, 6.45) is 6.41. The minimum atomic E-state index is 1.20. The lowest BCUT2D eigenvalue weighted by Gasteiger charge is -1.97. The fourth-order valence-electron chi connectivity index (χ4n) is 0.782. The summed E-state index contributed by atoms with van der Waals surface area (Å²) in [5.41, 5.74) is 0. The molecule has 0 aliphatic carbocycles. The number of allylic oxidation sites excluding steroid dienone is 1. The molecule has 0 saturated carbocycles. The number of thioether (sulfide) groups is 1. The van der Waals surface area contributed by atoms with Gasteiger partial charge in [-0.15, -0.1) is 11.8 Å². The lowest BCUT2D eigenvalue weighted by molar-refractivity contribution is 0.811. The second kappa shape index (κ2) is 9.66. The molecule has 0 spiro atoms. The predicted molar refractivity (Wildman–Crippen MR) is 63.9 cm³/mol. The Bertz CT molecular complexity index is 121. The largest absolute Gasteiger partial charge is 0.133 e. The van der Waals surface area contributed by atoms with Gasteiger partial charge in [-0.1, -0.05) is 42.6 Å². The first-order valence-electron chi connectivity index (χ1n) is 4.77. The first kappa shape index (κ1) is 12.6. The zero-order valence-electron chi connectivity index (χ0n) is 8.11. The van der Waals surface area contributed by atoms with Crippen molar-refractivity contribution >= 4 is 27.7 Å². The molecule has 0 atom stereocenters. The molecule has 0 aromatic rings. The molecule has 0 bridgehead atoms. The van der Waals surface area contributed by atoms with Crippen LogP contribution in [0.2, 0.25) is 0 Å². The van der Waals surface area contributed by atoms with Gasteiger partial charge in [0.15, 0.2) is 0 Å². The Morgan fingerprint density at radius 1 is 1.25 bits per heavy atom. The summed E-state index contributed by atoms with van der Waals surface area (Å²) in [6, 6.07) is 0. The Hall–Kier alpha value is 0.570. The third-order valence-corrected chi connectivity index (χ3v) is 3.50. The van der Waals surface area contributed by atoms with Crippen LogP contribution in [0.1, 0.15) is 46.0 Å². The summed E-state index contributed by atoms with van der Waals surface area (Å²) in [7, 11) is 0. The van der Waals surface area contributed by atoms with E-state index in [4.69, 9.17) is 0 Å². The molecule has 0 saturated heterocycles. The Morgan fingerprint density at radius 2 is 1.92 bits per heavy atom. The lowest BCUT2D eigenvalue weighted by atomic mass is 10.2. The average Bonchev–Trinajstić information content (AvgIpc) is 2.09.